The van der Waals surface area contributed by atoms with Gasteiger partial charge in [0.05, 0.1) is 18.2 Å². The Morgan fingerprint density at radius 2 is 2.23 bits per heavy atom. The molecule has 0 unspecified atom stereocenters. The van der Waals surface area contributed by atoms with Gasteiger partial charge in [0, 0.05) is 30.0 Å². The second kappa shape index (κ2) is 7.17. The summed E-state index contributed by atoms with van der Waals surface area (Å²) in [6, 6.07) is 5.32. The van der Waals surface area contributed by atoms with E-state index in [4.69, 9.17) is 0 Å². The third-order valence-electron chi connectivity index (χ3n) is 5.37. The van der Waals surface area contributed by atoms with E-state index in [0.717, 1.165) is 12.5 Å². The van der Waals surface area contributed by atoms with Crippen LogP contribution in [0, 0.1) is 11.2 Å². The summed E-state index contributed by atoms with van der Waals surface area (Å²) in [6.45, 7) is 2.27. The third-order valence-corrected chi connectivity index (χ3v) is 5.37. The number of amides is 1. The van der Waals surface area contributed by atoms with Gasteiger partial charge in [-0.15, -0.1) is 0 Å². The van der Waals surface area contributed by atoms with E-state index < -0.39 is 28.7 Å². The van der Waals surface area contributed by atoms with Crippen molar-refractivity contribution < 1.29 is 19.4 Å². The summed E-state index contributed by atoms with van der Waals surface area (Å²) in [4.78, 5) is 29.1. The summed E-state index contributed by atoms with van der Waals surface area (Å²) in [5.41, 5.74) is -1.05. The number of H-pyrrole nitrogens is 1. The fourth-order valence-electron chi connectivity index (χ4n) is 3.78. The molecule has 7 heteroatoms. The fraction of sp³-hybridized carbons (Fsp3) is 0.474. The number of hydrogen-bond acceptors (Lipinski definition) is 4. The Morgan fingerprint density at radius 1 is 1.46 bits per heavy atom. The quantitative estimate of drug-likeness (QED) is 0.771. The second-order valence-corrected chi connectivity index (χ2v) is 7.00. The third kappa shape index (κ3) is 3.12. The van der Waals surface area contributed by atoms with Gasteiger partial charge >= 0.3 is 0 Å². The van der Waals surface area contributed by atoms with Gasteiger partial charge in [-0.05, 0) is 25.0 Å². The molecule has 1 aliphatic rings. The first kappa shape index (κ1) is 18.5. The summed E-state index contributed by atoms with van der Waals surface area (Å²) in [5.74, 6) is -1.07. The Labute approximate surface area is 150 Å². The highest BCUT2D eigenvalue weighted by Gasteiger charge is 2.42. The van der Waals surface area contributed by atoms with Crippen LogP contribution in [0.25, 0.3) is 10.9 Å². The van der Waals surface area contributed by atoms with Gasteiger partial charge in [0.2, 0.25) is 0 Å². The number of aliphatic hydroxyl groups is 2. The van der Waals surface area contributed by atoms with Gasteiger partial charge in [0.15, 0.2) is 5.43 Å². The number of benzene rings is 1. The monoisotopic (exact) mass is 362 g/mol. The number of β-amino-alcohol motifs (C(OH)–C–C–N with tert-alkyl or cyclic N) is 1. The van der Waals surface area contributed by atoms with E-state index in [-0.39, 0.29) is 29.7 Å². The molecule has 1 saturated heterocycles. The first-order valence-electron chi connectivity index (χ1n) is 8.81. The first-order valence-corrected chi connectivity index (χ1v) is 8.81. The normalized spacial score (nSPS) is 23.4. The molecule has 2 aromatic rings. The molecule has 1 fully saturated rings. The molecule has 0 radical (unpaired) electrons. The highest BCUT2D eigenvalue weighted by molar-refractivity contribution is 5.95. The largest absolute Gasteiger partial charge is 0.396 e. The zero-order valence-corrected chi connectivity index (χ0v) is 14.7. The maximum absolute atomic E-state index is 14.0. The van der Waals surface area contributed by atoms with Crippen molar-refractivity contribution in [1.29, 1.82) is 0 Å². The topological polar surface area (TPSA) is 93.6 Å². The lowest BCUT2D eigenvalue weighted by Gasteiger charge is -2.44. The van der Waals surface area contributed by atoms with Crippen LogP contribution in [0.2, 0.25) is 0 Å². The number of pyridine rings is 1. The minimum atomic E-state index is -0.853. The lowest BCUT2D eigenvalue weighted by molar-refractivity contribution is -0.0714. The number of aromatic nitrogens is 1. The number of hydrogen-bond donors (Lipinski definition) is 3. The molecule has 140 valence electrons. The van der Waals surface area contributed by atoms with E-state index in [0.29, 0.717) is 19.4 Å². The summed E-state index contributed by atoms with van der Waals surface area (Å²) in [6.07, 6.45) is 1.11. The molecule has 2 heterocycles. The summed E-state index contributed by atoms with van der Waals surface area (Å²) < 4.78 is 14.0. The number of halogens is 1. The molecule has 26 heavy (non-hydrogen) atoms. The molecule has 1 aromatic heterocycles. The molecule has 1 aliphatic heterocycles. The van der Waals surface area contributed by atoms with Crippen molar-refractivity contribution >= 4 is 16.8 Å². The van der Waals surface area contributed by atoms with Crippen LogP contribution in [-0.2, 0) is 0 Å². The highest BCUT2D eigenvalue weighted by Crippen LogP contribution is 2.36. The molecule has 1 aromatic carbocycles. The van der Waals surface area contributed by atoms with Crippen molar-refractivity contribution in [2.75, 3.05) is 19.7 Å². The van der Waals surface area contributed by atoms with Crippen molar-refractivity contribution in [3.63, 3.8) is 0 Å². The number of piperidine rings is 1. The molecule has 0 aliphatic carbocycles. The predicted molar refractivity (Wildman–Crippen MR) is 95.5 cm³/mol. The number of carbonyl (C=O) groups excluding carboxylic acids is 1. The van der Waals surface area contributed by atoms with Gasteiger partial charge in [0.1, 0.15) is 11.5 Å². The molecule has 6 nitrogen and oxygen atoms in total. The Balaban J connectivity index is 1.88. The molecule has 0 spiro atoms. The van der Waals surface area contributed by atoms with Gasteiger partial charge in [0.25, 0.3) is 5.91 Å². The van der Waals surface area contributed by atoms with Crippen molar-refractivity contribution in [2.45, 2.75) is 32.3 Å². The van der Waals surface area contributed by atoms with Crippen LogP contribution in [0.15, 0.2) is 29.1 Å². The zero-order valence-electron chi connectivity index (χ0n) is 14.7. The van der Waals surface area contributed by atoms with Gasteiger partial charge in [-0.3, -0.25) is 9.59 Å². The molecule has 2 atom stereocenters. The Kier molecular flexibility index (Phi) is 5.11. The minimum absolute atomic E-state index is 0.00315. The van der Waals surface area contributed by atoms with Crippen LogP contribution >= 0.6 is 0 Å². The average Bonchev–Trinajstić information content (AvgIpc) is 2.63. The molecule has 3 N–H and O–H groups in total. The van der Waals surface area contributed by atoms with Crippen LogP contribution in [0.1, 0.15) is 36.7 Å². The SMILES string of the molecule is CCC[C@]1(CO)CCN(C(=O)c2cc(=O)c3cccc(F)c3[nH]2)C[C@@H]1O. The zero-order chi connectivity index (χ0) is 18.9. The number of likely N-dealkylation sites (tertiary alicyclic amines) is 1. The van der Waals surface area contributed by atoms with Gasteiger partial charge in [-0.1, -0.05) is 19.4 Å². The fourth-order valence-corrected chi connectivity index (χ4v) is 3.78. The van der Waals surface area contributed by atoms with Crippen LogP contribution in [0.3, 0.4) is 0 Å². The molecule has 0 saturated carbocycles. The number of nitrogens with one attached hydrogen (secondary N) is 1. The standard InChI is InChI=1S/C19H23FN2O4/c1-2-6-19(11-23)7-8-22(10-16(19)25)18(26)14-9-15(24)12-4-3-5-13(20)17(12)21-14/h3-5,9,16,23,25H,2,6-8,10-11H2,1H3,(H,21,24)/t16-,19+/m0/s1. The maximum atomic E-state index is 14.0. The minimum Gasteiger partial charge on any atom is -0.396 e. The Bertz CT molecular complexity index is 881. The van der Waals surface area contributed by atoms with Crippen LogP contribution in [0.5, 0.6) is 0 Å². The Morgan fingerprint density at radius 3 is 2.88 bits per heavy atom. The Hall–Kier alpha value is -2.25. The molecule has 0 bridgehead atoms. The maximum Gasteiger partial charge on any atom is 0.270 e. The number of fused-ring (bicyclic) bond motifs is 1. The summed E-state index contributed by atoms with van der Waals surface area (Å²) in [7, 11) is 0. The van der Waals surface area contributed by atoms with Crippen molar-refractivity contribution in [1.82, 2.24) is 9.88 Å². The van der Waals surface area contributed by atoms with Gasteiger partial charge in [-0.25, -0.2) is 4.39 Å². The second-order valence-electron chi connectivity index (χ2n) is 7.00. The lowest BCUT2D eigenvalue weighted by atomic mass is 9.73. The van der Waals surface area contributed by atoms with Crippen LogP contribution in [-0.4, -0.2) is 51.8 Å². The first-order chi connectivity index (χ1) is 12.4. The van der Waals surface area contributed by atoms with Crippen LogP contribution in [0.4, 0.5) is 4.39 Å². The number of rotatable bonds is 4. The average molecular weight is 362 g/mol. The van der Waals surface area contributed by atoms with E-state index in [2.05, 4.69) is 4.98 Å². The predicted octanol–water partition coefficient (Wildman–Crippen LogP) is 1.65. The molecular formula is C19H23FN2O4. The van der Waals surface area contributed by atoms with E-state index in [1.165, 1.54) is 23.1 Å². The number of para-hydroxylation sites is 1. The summed E-state index contributed by atoms with van der Waals surface area (Å²) in [5, 5.41) is 20.4. The number of nitrogens with zero attached hydrogens (tertiary/aromatic N) is 1. The van der Waals surface area contributed by atoms with Crippen LogP contribution < -0.4 is 5.43 Å². The van der Waals surface area contributed by atoms with E-state index in [9.17, 15) is 24.2 Å². The number of carbonyl (C=O) groups is 1. The van der Waals surface area contributed by atoms with Crippen molar-refractivity contribution in [2.24, 2.45) is 5.41 Å². The summed E-state index contributed by atoms with van der Waals surface area (Å²) >= 11 is 0. The van der Waals surface area contributed by atoms with E-state index in [1.807, 2.05) is 6.92 Å². The smallest absolute Gasteiger partial charge is 0.270 e. The molecule has 3 rings (SSSR count). The van der Waals surface area contributed by atoms with Gasteiger partial charge < -0.3 is 20.1 Å². The highest BCUT2D eigenvalue weighted by atomic mass is 19.1. The van der Waals surface area contributed by atoms with Crippen molar-refractivity contribution in [3.8, 4) is 0 Å². The molecular weight excluding hydrogens is 339 g/mol. The van der Waals surface area contributed by atoms with E-state index >= 15 is 0 Å². The van der Waals surface area contributed by atoms with Gasteiger partial charge in [-0.2, -0.15) is 0 Å². The number of aliphatic hydroxyl groups excluding tert-OH is 2. The van der Waals surface area contributed by atoms with E-state index in [1.54, 1.807) is 0 Å². The molecule has 1 amide bonds. The van der Waals surface area contributed by atoms with Crippen molar-refractivity contribution in [3.05, 3.63) is 46.0 Å². The lowest BCUT2D eigenvalue weighted by Crippen LogP contribution is -2.54. The number of aromatic amines is 1.